The Morgan fingerprint density at radius 3 is 3.05 bits per heavy atom. The number of carbonyl (C=O) groups excluding carboxylic acids is 1. The van der Waals surface area contributed by atoms with Crippen LogP contribution >= 0.6 is 11.3 Å². The molecule has 100 valence electrons. The maximum absolute atomic E-state index is 11.5. The number of hydrogen-bond acceptors (Lipinski definition) is 7. The molecule has 0 atom stereocenters. The zero-order valence-corrected chi connectivity index (χ0v) is 11.2. The van der Waals surface area contributed by atoms with E-state index in [0.717, 1.165) is 12.1 Å². The van der Waals surface area contributed by atoms with Crippen molar-refractivity contribution in [2.75, 3.05) is 24.7 Å². The van der Waals surface area contributed by atoms with Crippen LogP contribution < -0.4 is 11.1 Å². The lowest BCUT2D eigenvalue weighted by Crippen LogP contribution is -2.12. The van der Waals surface area contributed by atoms with Crippen molar-refractivity contribution in [3.8, 4) is 0 Å². The van der Waals surface area contributed by atoms with Gasteiger partial charge in [0, 0.05) is 24.5 Å². The minimum absolute atomic E-state index is 0.299. The van der Waals surface area contributed by atoms with Gasteiger partial charge >= 0.3 is 5.97 Å². The van der Waals surface area contributed by atoms with Gasteiger partial charge in [0.25, 0.3) is 0 Å². The molecular weight excluding hydrogens is 264 g/mol. The second-order valence-corrected chi connectivity index (χ2v) is 4.49. The van der Waals surface area contributed by atoms with E-state index in [-0.39, 0.29) is 0 Å². The molecule has 2 aromatic rings. The van der Waals surface area contributed by atoms with Gasteiger partial charge in [0.2, 0.25) is 0 Å². The van der Waals surface area contributed by atoms with Crippen molar-refractivity contribution in [3.05, 3.63) is 34.4 Å². The fourth-order valence-corrected chi connectivity index (χ4v) is 2.16. The topological polar surface area (TPSA) is 90.1 Å². The van der Waals surface area contributed by atoms with Crippen LogP contribution in [0.5, 0.6) is 0 Å². The van der Waals surface area contributed by atoms with Crippen LogP contribution in [0.2, 0.25) is 0 Å². The van der Waals surface area contributed by atoms with E-state index in [1.165, 1.54) is 19.4 Å². The van der Waals surface area contributed by atoms with E-state index in [4.69, 9.17) is 5.73 Å². The molecule has 0 amide bonds. The van der Waals surface area contributed by atoms with Gasteiger partial charge in [0.05, 0.1) is 29.6 Å². The van der Waals surface area contributed by atoms with E-state index in [0.29, 0.717) is 23.6 Å². The minimum Gasteiger partial charge on any atom is -0.465 e. The summed E-state index contributed by atoms with van der Waals surface area (Å²) in [7, 11) is 1.32. The number of esters is 1. The van der Waals surface area contributed by atoms with E-state index in [2.05, 4.69) is 20.0 Å². The number of anilines is 2. The highest BCUT2D eigenvalue weighted by Crippen LogP contribution is 2.20. The molecule has 0 saturated carbocycles. The first-order chi connectivity index (χ1) is 9.22. The Labute approximate surface area is 114 Å². The van der Waals surface area contributed by atoms with Crippen molar-refractivity contribution < 1.29 is 9.53 Å². The number of carbonyl (C=O) groups is 1. The number of nitrogens with zero attached hydrogens (tertiary/aromatic N) is 2. The van der Waals surface area contributed by atoms with Crippen LogP contribution in [0.3, 0.4) is 0 Å². The predicted molar refractivity (Wildman–Crippen MR) is 74.3 cm³/mol. The lowest BCUT2D eigenvalue weighted by Gasteiger charge is -2.10. The van der Waals surface area contributed by atoms with E-state index in [1.54, 1.807) is 16.8 Å². The van der Waals surface area contributed by atoms with Gasteiger partial charge in [-0.05, 0) is 6.07 Å². The third-order valence-electron chi connectivity index (χ3n) is 2.55. The normalized spacial score (nSPS) is 10.2. The second kappa shape index (κ2) is 6.14. The third-order valence-corrected chi connectivity index (χ3v) is 3.19. The molecule has 0 aromatic carbocycles. The van der Waals surface area contributed by atoms with Crippen molar-refractivity contribution >= 4 is 28.8 Å². The molecule has 0 aliphatic heterocycles. The fraction of sp³-hybridized carbons (Fsp3) is 0.250. The molecular formula is C12H14N4O2S. The average molecular weight is 278 g/mol. The predicted octanol–water partition coefficient (Wildman–Crippen LogP) is 1.56. The maximum Gasteiger partial charge on any atom is 0.340 e. The monoisotopic (exact) mass is 278 g/mol. The second-order valence-electron chi connectivity index (χ2n) is 3.77. The number of aromatic nitrogens is 2. The summed E-state index contributed by atoms with van der Waals surface area (Å²) in [6.07, 6.45) is 2.29. The Morgan fingerprint density at radius 1 is 1.53 bits per heavy atom. The molecule has 3 N–H and O–H groups in total. The van der Waals surface area contributed by atoms with Gasteiger partial charge in [-0.15, -0.1) is 11.3 Å². The van der Waals surface area contributed by atoms with Crippen LogP contribution in [0.25, 0.3) is 0 Å². The number of ether oxygens (including phenoxy) is 1. The summed E-state index contributed by atoms with van der Waals surface area (Å²) >= 11 is 1.56. The molecule has 0 fully saturated rings. The summed E-state index contributed by atoms with van der Waals surface area (Å²) in [6.45, 7) is 0.644. The van der Waals surface area contributed by atoms with Gasteiger partial charge in [-0.2, -0.15) is 0 Å². The number of methoxy groups -OCH3 is 1. The summed E-state index contributed by atoms with van der Waals surface area (Å²) in [5.74, 6) is 0.0144. The number of nitrogens with one attached hydrogen (secondary N) is 1. The standard InChI is InChI=1S/C12H14N4O2S/c1-18-12(17)9-3-5-15-11(10(9)13)14-4-2-8-6-19-7-16-8/h3,5-7H,2,4,13H2,1H3,(H,14,15). The highest BCUT2D eigenvalue weighted by Gasteiger charge is 2.13. The highest BCUT2D eigenvalue weighted by molar-refractivity contribution is 7.07. The number of hydrogen-bond donors (Lipinski definition) is 2. The first-order valence-corrected chi connectivity index (χ1v) is 6.60. The van der Waals surface area contributed by atoms with Crippen LogP contribution in [0.1, 0.15) is 16.1 Å². The van der Waals surface area contributed by atoms with Crippen molar-refractivity contribution in [3.63, 3.8) is 0 Å². The number of thiazole rings is 1. The Hall–Kier alpha value is -2.15. The molecule has 0 aliphatic carbocycles. The number of nitrogens with two attached hydrogens (primary N) is 1. The number of nitrogen functional groups attached to an aromatic ring is 1. The summed E-state index contributed by atoms with van der Waals surface area (Å²) in [5.41, 5.74) is 9.30. The fourth-order valence-electron chi connectivity index (χ4n) is 1.57. The number of pyridine rings is 1. The molecule has 0 radical (unpaired) electrons. The van der Waals surface area contributed by atoms with E-state index >= 15 is 0 Å². The van der Waals surface area contributed by atoms with Gasteiger partial charge in [-0.3, -0.25) is 0 Å². The number of rotatable bonds is 5. The van der Waals surface area contributed by atoms with Crippen molar-refractivity contribution in [1.29, 1.82) is 0 Å². The first kappa shape index (κ1) is 13.3. The largest absolute Gasteiger partial charge is 0.465 e. The molecule has 0 spiro atoms. The molecule has 2 aromatic heterocycles. The zero-order valence-electron chi connectivity index (χ0n) is 10.4. The molecule has 2 heterocycles. The van der Waals surface area contributed by atoms with Gasteiger partial charge < -0.3 is 15.8 Å². The minimum atomic E-state index is -0.470. The highest BCUT2D eigenvalue weighted by atomic mass is 32.1. The Balaban J connectivity index is 2.02. The lowest BCUT2D eigenvalue weighted by atomic mass is 10.2. The quantitative estimate of drug-likeness (QED) is 0.807. The molecule has 6 nitrogen and oxygen atoms in total. The van der Waals surface area contributed by atoms with Crippen molar-refractivity contribution in [1.82, 2.24) is 9.97 Å². The molecule has 0 unspecified atom stereocenters. The molecule has 2 rings (SSSR count). The Morgan fingerprint density at radius 2 is 2.37 bits per heavy atom. The van der Waals surface area contributed by atoms with Crippen LogP contribution in [-0.2, 0) is 11.2 Å². The first-order valence-electron chi connectivity index (χ1n) is 5.66. The van der Waals surface area contributed by atoms with Crippen LogP contribution in [-0.4, -0.2) is 29.6 Å². The smallest absolute Gasteiger partial charge is 0.340 e. The summed E-state index contributed by atoms with van der Waals surface area (Å²) in [5, 5.41) is 5.08. The Kier molecular flexibility index (Phi) is 4.30. The third kappa shape index (κ3) is 3.19. The van der Waals surface area contributed by atoms with Gasteiger partial charge in [-0.25, -0.2) is 14.8 Å². The molecule has 19 heavy (non-hydrogen) atoms. The summed E-state index contributed by atoms with van der Waals surface area (Å²) in [4.78, 5) is 19.8. The van der Waals surface area contributed by atoms with Gasteiger partial charge in [0.15, 0.2) is 0 Å². The van der Waals surface area contributed by atoms with E-state index in [1.807, 2.05) is 5.38 Å². The van der Waals surface area contributed by atoms with Crippen LogP contribution in [0.15, 0.2) is 23.2 Å². The summed E-state index contributed by atoms with van der Waals surface area (Å²) in [6, 6.07) is 1.53. The summed E-state index contributed by atoms with van der Waals surface area (Å²) < 4.78 is 4.65. The molecule has 0 bridgehead atoms. The zero-order chi connectivity index (χ0) is 13.7. The molecule has 7 heteroatoms. The van der Waals surface area contributed by atoms with E-state index < -0.39 is 5.97 Å². The van der Waals surface area contributed by atoms with Crippen molar-refractivity contribution in [2.24, 2.45) is 0 Å². The van der Waals surface area contributed by atoms with Crippen LogP contribution in [0.4, 0.5) is 11.5 Å². The van der Waals surface area contributed by atoms with E-state index in [9.17, 15) is 4.79 Å². The lowest BCUT2D eigenvalue weighted by molar-refractivity contribution is 0.0602. The molecule has 0 saturated heterocycles. The SMILES string of the molecule is COC(=O)c1ccnc(NCCc2cscn2)c1N. The maximum atomic E-state index is 11.5. The Bertz CT molecular complexity index is 557. The van der Waals surface area contributed by atoms with Crippen LogP contribution in [0, 0.1) is 0 Å². The van der Waals surface area contributed by atoms with Gasteiger partial charge in [0.1, 0.15) is 5.82 Å². The molecule has 0 aliphatic rings. The van der Waals surface area contributed by atoms with Crippen molar-refractivity contribution in [2.45, 2.75) is 6.42 Å². The van der Waals surface area contributed by atoms with Gasteiger partial charge in [-0.1, -0.05) is 0 Å². The average Bonchev–Trinajstić information content (AvgIpc) is 2.93.